The molecule has 1 aliphatic carbocycles. The van der Waals surface area contributed by atoms with Crippen LogP contribution >= 0.6 is 0 Å². The van der Waals surface area contributed by atoms with Gasteiger partial charge in [0.25, 0.3) is 0 Å². The lowest BCUT2D eigenvalue weighted by Gasteiger charge is -2.33. The summed E-state index contributed by atoms with van der Waals surface area (Å²) in [6, 6.07) is 8.02. The van der Waals surface area contributed by atoms with Gasteiger partial charge in [-0.1, -0.05) is 12.8 Å². The smallest absolute Gasteiger partial charge is 0.224 e. The number of benzene rings is 1. The predicted octanol–water partition coefficient (Wildman–Crippen LogP) is 2.66. The highest BCUT2D eigenvalue weighted by molar-refractivity contribution is 5.92. The Morgan fingerprint density at radius 3 is 2.10 bits per heavy atom. The summed E-state index contributed by atoms with van der Waals surface area (Å²) in [6.07, 6.45) is 4.97. The summed E-state index contributed by atoms with van der Waals surface area (Å²) >= 11 is 0. The number of rotatable bonds is 6. The van der Waals surface area contributed by atoms with Crippen molar-refractivity contribution < 1.29 is 19.1 Å². The quantitative estimate of drug-likeness (QED) is 0.774. The second-order valence-corrected chi connectivity index (χ2v) is 8.75. The van der Waals surface area contributed by atoms with Gasteiger partial charge in [0, 0.05) is 50.4 Å². The summed E-state index contributed by atoms with van der Waals surface area (Å²) in [4.78, 5) is 29.8. The van der Waals surface area contributed by atoms with E-state index in [-0.39, 0.29) is 17.2 Å². The molecule has 1 aromatic carbocycles. The van der Waals surface area contributed by atoms with E-state index in [4.69, 9.17) is 9.47 Å². The van der Waals surface area contributed by atoms with E-state index < -0.39 is 0 Å². The van der Waals surface area contributed by atoms with Crippen LogP contribution in [0.4, 0.5) is 11.4 Å². The second kappa shape index (κ2) is 9.79. The Kier molecular flexibility index (Phi) is 6.89. The molecule has 0 bridgehead atoms. The molecule has 1 N–H and O–H groups in total. The predicted molar refractivity (Wildman–Crippen MR) is 116 cm³/mol. The standard InChI is InChI=1S/C23H33N3O4/c27-21(24-19-3-5-20(6-4-19)25-9-13-29-14-10-25)17-23(7-1-2-8-23)18-22(28)26-11-15-30-16-12-26/h3-6H,1-2,7-18H2,(H,24,27). The van der Waals surface area contributed by atoms with Gasteiger partial charge in [-0.15, -0.1) is 0 Å². The minimum absolute atomic E-state index is 0.00537. The third-order valence-electron chi connectivity index (χ3n) is 6.62. The fourth-order valence-corrected chi connectivity index (χ4v) is 4.91. The molecule has 2 aliphatic heterocycles. The Balaban J connectivity index is 1.33. The summed E-state index contributed by atoms with van der Waals surface area (Å²) in [5.74, 6) is 0.175. The summed E-state index contributed by atoms with van der Waals surface area (Å²) in [7, 11) is 0. The summed E-state index contributed by atoms with van der Waals surface area (Å²) in [5, 5.41) is 3.05. The maximum atomic E-state index is 12.8. The van der Waals surface area contributed by atoms with Crippen molar-refractivity contribution in [3.63, 3.8) is 0 Å². The molecule has 0 radical (unpaired) electrons. The van der Waals surface area contributed by atoms with Crippen molar-refractivity contribution in [3.8, 4) is 0 Å². The Morgan fingerprint density at radius 1 is 0.867 bits per heavy atom. The maximum Gasteiger partial charge on any atom is 0.224 e. The van der Waals surface area contributed by atoms with E-state index in [9.17, 15) is 9.59 Å². The summed E-state index contributed by atoms with van der Waals surface area (Å²) in [5.41, 5.74) is 1.76. The van der Waals surface area contributed by atoms with E-state index in [1.54, 1.807) is 0 Å². The molecule has 0 unspecified atom stereocenters. The van der Waals surface area contributed by atoms with Gasteiger partial charge in [0.05, 0.1) is 26.4 Å². The normalized spacial score (nSPS) is 21.5. The number of hydrogen-bond acceptors (Lipinski definition) is 5. The topological polar surface area (TPSA) is 71.1 Å². The zero-order chi connectivity index (χ0) is 20.8. The van der Waals surface area contributed by atoms with Crippen LogP contribution in [0.1, 0.15) is 38.5 Å². The molecule has 164 valence electrons. The zero-order valence-electron chi connectivity index (χ0n) is 17.7. The van der Waals surface area contributed by atoms with Gasteiger partial charge in [-0.05, 0) is 42.5 Å². The second-order valence-electron chi connectivity index (χ2n) is 8.75. The fraction of sp³-hybridized carbons (Fsp3) is 0.652. The number of hydrogen-bond donors (Lipinski definition) is 1. The summed E-state index contributed by atoms with van der Waals surface area (Å²) in [6.45, 7) is 5.84. The van der Waals surface area contributed by atoms with E-state index in [1.807, 2.05) is 29.2 Å². The highest BCUT2D eigenvalue weighted by atomic mass is 16.5. The minimum Gasteiger partial charge on any atom is -0.378 e. The van der Waals surface area contributed by atoms with Crippen LogP contribution in [0.2, 0.25) is 0 Å². The molecule has 0 spiro atoms. The van der Waals surface area contributed by atoms with Gasteiger partial charge in [0.2, 0.25) is 11.8 Å². The van der Waals surface area contributed by atoms with Gasteiger partial charge in [0.15, 0.2) is 0 Å². The van der Waals surface area contributed by atoms with Crippen LogP contribution in [0.5, 0.6) is 0 Å². The van der Waals surface area contributed by atoms with Gasteiger partial charge < -0.3 is 24.6 Å². The lowest BCUT2D eigenvalue weighted by atomic mass is 9.78. The van der Waals surface area contributed by atoms with Crippen LogP contribution in [0.15, 0.2) is 24.3 Å². The zero-order valence-corrected chi connectivity index (χ0v) is 17.7. The molecule has 7 heteroatoms. The van der Waals surface area contributed by atoms with E-state index >= 15 is 0 Å². The van der Waals surface area contributed by atoms with Gasteiger partial charge in [-0.3, -0.25) is 9.59 Å². The molecule has 2 amide bonds. The largest absolute Gasteiger partial charge is 0.378 e. The van der Waals surface area contributed by atoms with Crippen LogP contribution < -0.4 is 10.2 Å². The number of carbonyl (C=O) groups is 2. The van der Waals surface area contributed by atoms with Gasteiger partial charge >= 0.3 is 0 Å². The monoisotopic (exact) mass is 415 g/mol. The van der Waals surface area contributed by atoms with Crippen LogP contribution in [-0.2, 0) is 19.1 Å². The lowest BCUT2D eigenvalue weighted by Crippen LogP contribution is -2.43. The molecule has 0 atom stereocenters. The Hall–Kier alpha value is -2.12. The Labute approximate surface area is 178 Å². The minimum atomic E-state index is -0.201. The van der Waals surface area contributed by atoms with E-state index in [2.05, 4.69) is 10.2 Å². The molecule has 1 aromatic rings. The molecule has 4 rings (SSSR count). The first kappa shape index (κ1) is 21.1. The van der Waals surface area contributed by atoms with Crippen LogP contribution in [0.25, 0.3) is 0 Å². The van der Waals surface area contributed by atoms with Crippen LogP contribution in [0.3, 0.4) is 0 Å². The maximum absolute atomic E-state index is 12.8. The summed E-state index contributed by atoms with van der Waals surface area (Å²) < 4.78 is 10.8. The Morgan fingerprint density at radius 2 is 1.47 bits per heavy atom. The Bertz CT molecular complexity index is 718. The van der Waals surface area contributed by atoms with Crippen molar-refractivity contribution in [2.45, 2.75) is 38.5 Å². The number of nitrogens with zero attached hydrogens (tertiary/aromatic N) is 2. The van der Waals surface area contributed by atoms with E-state index in [0.717, 1.165) is 63.4 Å². The molecule has 1 saturated carbocycles. The number of carbonyl (C=O) groups excluding carboxylic acids is 2. The van der Waals surface area contributed by atoms with Gasteiger partial charge in [-0.25, -0.2) is 0 Å². The van der Waals surface area contributed by atoms with Crippen molar-refractivity contribution in [2.24, 2.45) is 5.41 Å². The third-order valence-corrected chi connectivity index (χ3v) is 6.62. The number of morpholine rings is 2. The molecule has 0 aromatic heterocycles. The SMILES string of the molecule is O=C(CC1(CC(=O)N2CCOCC2)CCCC1)Nc1ccc(N2CCOCC2)cc1. The molecular formula is C23H33N3O4. The average Bonchev–Trinajstić information content (AvgIpc) is 3.23. The first-order chi connectivity index (χ1) is 14.6. The van der Waals surface area contributed by atoms with Crippen molar-refractivity contribution >= 4 is 23.2 Å². The fourth-order valence-electron chi connectivity index (χ4n) is 4.91. The van der Waals surface area contributed by atoms with Crippen molar-refractivity contribution in [2.75, 3.05) is 62.8 Å². The van der Waals surface area contributed by atoms with Gasteiger partial charge in [-0.2, -0.15) is 0 Å². The van der Waals surface area contributed by atoms with Crippen molar-refractivity contribution in [1.29, 1.82) is 0 Å². The lowest BCUT2D eigenvalue weighted by molar-refractivity contribution is -0.138. The molecule has 7 nitrogen and oxygen atoms in total. The van der Waals surface area contributed by atoms with E-state index in [1.165, 1.54) is 0 Å². The molecule has 30 heavy (non-hydrogen) atoms. The van der Waals surface area contributed by atoms with E-state index in [0.29, 0.717) is 39.1 Å². The molecular weight excluding hydrogens is 382 g/mol. The highest BCUT2D eigenvalue weighted by Crippen LogP contribution is 2.44. The van der Waals surface area contributed by atoms with Crippen LogP contribution in [-0.4, -0.2) is 69.3 Å². The molecule has 2 heterocycles. The molecule has 3 aliphatic rings. The average molecular weight is 416 g/mol. The first-order valence-electron chi connectivity index (χ1n) is 11.2. The number of amides is 2. The molecule has 2 saturated heterocycles. The van der Waals surface area contributed by atoms with Crippen molar-refractivity contribution in [3.05, 3.63) is 24.3 Å². The number of anilines is 2. The molecule has 3 fully saturated rings. The van der Waals surface area contributed by atoms with Crippen LogP contribution in [0, 0.1) is 5.41 Å². The number of nitrogens with one attached hydrogen (secondary N) is 1. The highest BCUT2D eigenvalue weighted by Gasteiger charge is 2.39. The number of ether oxygens (including phenoxy) is 2. The first-order valence-corrected chi connectivity index (χ1v) is 11.2. The van der Waals surface area contributed by atoms with Crippen molar-refractivity contribution in [1.82, 2.24) is 4.90 Å². The third kappa shape index (κ3) is 5.32. The van der Waals surface area contributed by atoms with Gasteiger partial charge in [0.1, 0.15) is 0 Å².